The number of rotatable bonds is 2. The molecular weight excluding hydrogens is 230 g/mol. The van der Waals surface area contributed by atoms with Gasteiger partial charge in [-0.15, -0.1) is 0 Å². The van der Waals surface area contributed by atoms with Crippen LogP contribution in [0.15, 0.2) is 29.1 Å². The highest BCUT2D eigenvalue weighted by Crippen LogP contribution is 2.18. The Kier molecular flexibility index (Phi) is 3.19. The van der Waals surface area contributed by atoms with Crippen molar-refractivity contribution < 1.29 is 9.53 Å². The van der Waals surface area contributed by atoms with E-state index in [1.165, 1.54) is 0 Å². The summed E-state index contributed by atoms with van der Waals surface area (Å²) in [4.78, 5) is 23.9. The van der Waals surface area contributed by atoms with Crippen molar-refractivity contribution in [1.29, 1.82) is 0 Å². The molecule has 4 nitrogen and oxygen atoms in total. The first-order valence-electron chi connectivity index (χ1n) is 5.82. The summed E-state index contributed by atoms with van der Waals surface area (Å²) in [5.74, 6) is -0.393. The summed E-state index contributed by atoms with van der Waals surface area (Å²) in [6.45, 7) is 3.91. The molecule has 0 radical (unpaired) electrons. The molecule has 1 aromatic carbocycles. The number of carbonyl (C=O) groups excluding carboxylic acids is 1. The number of esters is 1. The number of aryl methyl sites for hydroxylation is 1. The van der Waals surface area contributed by atoms with Crippen LogP contribution in [0.1, 0.15) is 23.0 Å². The van der Waals surface area contributed by atoms with Gasteiger partial charge in [0, 0.05) is 23.5 Å². The highest BCUT2D eigenvalue weighted by molar-refractivity contribution is 6.04. The molecule has 0 amide bonds. The van der Waals surface area contributed by atoms with Gasteiger partial charge in [0.15, 0.2) is 0 Å². The van der Waals surface area contributed by atoms with Crippen LogP contribution in [0.25, 0.3) is 10.8 Å². The molecule has 0 saturated heterocycles. The molecule has 0 spiro atoms. The predicted molar refractivity (Wildman–Crippen MR) is 69.9 cm³/mol. The fourth-order valence-corrected chi connectivity index (χ4v) is 1.94. The zero-order valence-corrected chi connectivity index (χ0v) is 10.7. The second kappa shape index (κ2) is 4.64. The van der Waals surface area contributed by atoms with E-state index in [4.69, 9.17) is 4.74 Å². The van der Waals surface area contributed by atoms with E-state index in [0.717, 1.165) is 5.69 Å². The zero-order chi connectivity index (χ0) is 13.3. The molecule has 94 valence electrons. The van der Waals surface area contributed by atoms with E-state index in [-0.39, 0.29) is 5.56 Å². The van der Waals surface area contributed by atoms with Crippen LogP contribution < -0.4 is 5.56 Å². The average Bonchev–Trinajstić information content (AvgIpc) is 2.36. The standard InChI is InChI=1S/C14H15NO3/c1-4-18-14(17)11-7-5-6-10-12(11)8-9(2)15(3)13(10)16/h5-8H,4H2,1-3H3. The summed E-state index contributed by atoms with van der Waals surface area (Å²) in [6.07, 6.45) is 0. The quantitative estimate of drug-likeness (QED) is 0.760. The Labute approximate surface area is 105 Å². The average molecular weight is 245 g/mol. The summed E-state index contributed by atoms with van der Waals surface area (Å²) in [6, 6.07) is 6.94. The van der Waals surface area contributed by atoms with Gasteiger partial charge in [0.25, 0.3) is 5.56 Å². The van der Waals surface area contributed by atoms with E-state index in [1.807, 2.05) is 13.0 Å². The van der Waals surface area contributed by atoms with E-state index in [9.17, 15) is 9.59 Å². The molecule has 1 aromatic heterocycles. The zero-order valence-electron chi connectivity index (χ0n) is 10.7. The lowest BCUT2D eigenvalue weighted by Crippen LogP contribution is -2.19. The molecule has 0 atom stereocenters. The van der Waals surface area contributed by atoms with Gasteiger partial charge < -0.3 is 9.30 Å². The normalized spacial score (nSPS) is 10.6. The van der Waals surface area contributed by atoms with Crippen LogP contribution in [-0.4, -0.2) is 17.1 Å². The molecule has 0 saturated carbocycles. The monoisotopic (exact) mass is 245 g/mol. The summed E-state index contributed by atoms with van der Waals surface area (Å²) in [5.41, 5.74) is 1.15. The van der Waals surface area contributed by atoms with Crippen LogP contribution in [0.5, 0.6) is 0 Å². The number of nitrogens with zero attached hydrogens (tertiary/aromatic N) is 1. The number of hydrogen-bond donors (Lipinski definition) is 0. The molecule has 1 heterocycles. The maximum absolute atomic E-state index is 12.1. The fraction of sp³-hybridized carbons (Fsp3) is 0.286. The molecule has 18 heavy (non-hydrogen) atoms. The smallest absolute Gasteiger partial charge is 0.338 e. The third-order valence-corrected chi connectivity index (χ3v) is 3.02. The van der Waals surface area contributed by atoms with E-state index < -0.39 is 5.97 Å². The highest BCUT2D eigenvalue weighted by Gasteiger charge is 2.13. The summed E-state index contributed by atoms with van der Waals surface area (Å²) in [5, 5.41) is 1.19. The minimum atomic E-state index is -0.393. The van der Waals surface area contributed by atoms with Crippen molar-refractivity contribution in [2.24, 2.45) is 7.05 Å². The largest absolute Gasteiger partial charge is 0.462 e. The maximum Gasteiger partial charge on any atom is 0.338 e. The van der Waals surface area contributed by atoms with Gasteiger partial charge in [-0.05, 0) is 32.0 Å². The molecule has 2 aromatic rings. The predicted octanol–water partition coefficient (Wildman–Crippen LogP) is 2.02. The molecule has 0 aliphatic heterocycles. The molecule has 0 aliphatic rings. The molecule has 2 rings (SSSR count). The van der Waals surface area contributed by atoms with Crippen molar-refractivity contribution in [3.63, 3.8) is 0 Å². The van der Waals surface area contributed by atoms with E-state index in [0.29, 0.717) is 22.9 Å². The van der Waals surface area contributed by atoms with Gasteiger partial charge in [0.1, 0.15) is 0 Å². The number of aromatic nitrogens is 1. The van der Waals surface area contributed by atoms with Crippen LogP contribution >= 0.6 is 0 Å². The van der Waals surface area contributed by atoms with Gasteiger partial charge in [0.05, 0.1) is 12.2 Å². The van der Waals surface area contributed by atoms with Crippen molar-refractivity contribution in [3.8, 4) is 0 Å². The van der Waals surface area contributed by atoms with Crippen LogP contribution in [0.3, 0.4) is 0 Å². The Morgan fingerprint density at radius 2 is 2.06 bits per heavy atom. The van der Waals surface area contributed by atoms with Crippen LogP contribution in [0.4, 0.5) is 0 Å². The lowest BCUT2D eigenvalue weighted by atomic mass is 10.1. The second-order valence-corrected chi connectivity index (χ2v) is 4.14. The molecule has 0 fully saturated rings. The molecule has 0 aliphatic carbocycles. The highest BCUT2D eigenvalue weighted by atomic mass is 16.5. The van der Waals surface area contributed by atoms with Gasteiger partial charge in [-0.3, -0.25) is 4.79 Å². The van der Waals surface area contributed by atoms with Crippen molar-refractivity contribution >= 4 is 16.7 Å². The minimum Gasteiger partial charge on any atom is -0.462 e. The number of hydrogen-bond acceptors (Lipinski definition) is 3. The summed E-state index contributed by atoms with van der Waals surface area (Å²) >= 11 is 0. The fourth-order valence-electron chi connectivity index (χ4n) is 1.94. The first-order chi connectivity index (χ1) is 8.56. The Balaban J connectivity index is 2.78. The van der Waals surface area contributed by atoms with Gasteiger partial charge in [-0.25, -0.2) is 4.79 Å². The Bertz CT molecular complexity index is 671. The first kappa shape index (κ1) is 12.4. The topological polar surface area (TPSA) is 48.3 Å². The molecule has 4 heteroatoms. The lowest BCUT2D eigenvalue weighted by Gasteiger charge is -2.09. The van der Waals surface area contributed by atoms with Crippen LogP contribution in [0, 0.1) is 6.92 Å². The number of benzene rings is 1. The summed E-state index contributed by atoms with van der Waals surface area (Å²) in [7, 11) is 1.72. The van der Waals surface area contributed by atoms with Crippen molar-refractivity contribution in [2.45, 2.75) is 13.8 Å². The van der Waals surface area contributed by atoms with E-state index >= 15 is 0 Å². The SMILES string of the molecule is CCOC(=O)c1cccc2c(=O)n(C)c(C)cc12. The van der Waals surface area contributed by atoms with E-state index in [2.05, 4.69) is 0 Å². The third-order valence-electron chi connectivity index (χ3n) is 3.02. The van der Waals surface area contributed by atoms with E-state index in [1.54, 1.807) is 36.7 Å². The van der Waals surface area contributed by atoms with Gasteiger partial charge >= 0.3 is 5.97 Å². The number of ether oxygens (including phenoxy) is 1. The second-order valence-electron chi connectivity index (χ2n) is 4.14. The van der Waals surface area contributed by atoms with Crippen molar-refractivity contribution in [3.05, 3.63) is 45.9 Å². The summed E-state index contributed by atoms with van der Waals surface area (Å²) < 4.78 is 6.56. The van der Waals surface area contributed by atoms with Crippen molar-refractivity contribution in [2.75, 3.05) is 6.61 Å². The van der Waals surface area contributed by atoms with Gasteiger partial charge in [-0.2, -0.15) is 0 Å². The number of carbonyl (C=O) groups is 1. The van der Waals surface area contributed by atoms with Gasteiger partial charge in [0.2, 0.25) is 0 Å². The number of pyridine rings is 1. The Hall–Kier alpha value is -2.10. The molecule has 0 N–H and O–H groups in total. The lowest BCUT2D eigenvalue weighted by molar-refractivity contribution is 0.0528. The van der Waals surface area contributed by atoms with Crippen molar-refractivity contribution in [1.82, 2.24) is 4.57 Å². The van der Waals surface area contributed by atoms with Crippen LogP contribution in [0.2, 0.25) is 0 Å². The third kappa shape index (κ3) is 1.90. The van der Waals surface area contributed by atoms with Crippen LogP contribution in [-0.2, 0) is 11.8 Å². The molecule has 0 unspecified atom stereocenters. The molecule has 0 bridgehead atoms. The number of fused-ring (bicyclic) bond motifs is 1. The Morgan fingerprint density at radius 1 is 1.33 bits per heavy atom. The van der Waals surface area contributed by atoms with Gasteiger partial charge in [-0.1, -0.05) is 6.07 Å². The Morgan fingerprint density at radius 3 is 2.72 bits per heavy atom. The minimum absolute atomic E-state index is 0.101. The maximum atomic E-state index is 12.1. The first-order valence-corrected chi connectivity index (χ1v) is 5.82. The molecular formula is C14H15NO3.